The minimum atomic E-state index is -0.365. The highest BCUT2D eigenvalue weighted by molar-refractivity contribution is 6.11. The van der Waals surface area contributed by atoms with Gasteiger partial charge in [0.15, 0.2) is 5.69 Å². The number of nitrogens with zero attached hydrogens (tertiary/aromatic N) is 5. The van der Waals surface area contributed by atoms with Crippen LogP contribution in [0.3, 0.4) is 0 Å². The molecule has 2 heterocycles. The van der Waals surface area contributed by atoms with Gasteiger partial charge in [0, 0.05) is 17.6 Å². The van der Waals surface area contributed by atoms with E-state index in [0.717, 1.165) is 5.56 Å². The van der Waals surface area contributed by atoms with Gasteiger partial charge in [-0.3, -0.25) is 9.59 Å². The zero-order chi connectivity index (χ0) is 19.5. The molecule has 0 saturated carbocycles. The molecule has 1 N–H and O–H groups in total. The maximum atomic E-state index is 12.9. The molecule has 0 saturated heterocycles. The van der Waals surface area contributed by atoms with Crippen molar-refractivity contribution < 1.29 is 4.79 Å². The second kappa shape index (κ2) is 7.43. The number of nitrogens with one attached hydrogen (secondary N) is 1. The Morgan fingerprint density at radius 2 is 1.93 bits per heavy atom. The van der Waals surface area contributed by atoms with E-state index in [4.69, 9.17) is 0 Å². The lowest BCUT2D eigenvalue weighted by Gasteiger charge is -2.11. The third kappa shape index (κ3) is 3.39. The van der Waals surface area contributed by atoms with Crippen LogP contribution >= 0.6 is 0 Å². The molecular weight excluding hydrogens is 356 g/mol. The Bertz CT molecular complexity index is 1200. The number of rotatable bonds is 5. The molecular formula is C20H18N6O2. The highest BCUT2D eigenvalue weighted by atomic mass is 16.2. The summed E-state index contributed by atoms with van der Waals surface area (Å²) in [5.74, 6) is -0.365. The normalized spacial score (nSPS) is 10.9. The summed E-state index contributed by atoms with van der Waals surface area (Å²) in [7, 11) is 0. The quantitative estimate of drug-likeness (QED) is 0.578. The fourth-order valence-electron chi connectivity index (χ4n) is 3.06. The number of fused-ring (bicyclic) bond motifs is 1. The lowest BCUT2D eigenvalue weighted by Crippen LogP contribution is -2.27. The largest absolute Gasteiger partial charge is 0.321 e. The minimum Gasteiger partial charge on any atom is -0.321 e. The third-order valence-corrected chi connectivity index (χ3v) is 4.38. The summed E-state index contributed by atoms with van der Waals surface area (Å²) < 4.78 is 3.01. The summed E-state index contributed by atoms with van der Waals surface area (Å²) in [5, 5.41) is 12.2. The maximum Gasteiger partial charge on any atom is 0.276 e. The lowest BCUT2D eigenvalue weighted by molar-refractivity contribution is 0.102. The zero-order valence-corrected chi connectivity index (χ0v) is 15.2. The van der Waals surface area contributed by atoms with E-state index in [0.29, 0.717) is 29.5 Å². The van der Waals surface area contributed by atoms with Crippen molar-refractivity contribution in [2.75, 3.05) is 5.32 Å². The van der Waals surface area contributed by atoms with Crippen LogP contribution in [0.5, 0.6) is 0 Å². The number of anilines is 1. The SMILES string of the molecule is CCn1nc(C(=O)Nc2cccc(Cn3cncn3)c2)c2ccccc2c1=O. The molecule has 0 unspecified atom stereocenters. The van der Waals surface area contributed by atoms with Crippen LogP contribution in [0.1, 0.15) is 23.0 Å². The summed E-state index contributed by atoms with van der Waals surface area (Å²) in [6.07, 6.45) is 3.11. The third-order valence-electron chi connectivity index (χ3n) is 4.38. The Morgan fingerprint density at radius 1 is 1.11 bits per heavy atom. The van der Waals surface area contributed by atoms with Crippen molar-refractivity contribution in [3.05, 3.63) is 82.8 Å². The molecule has 0 aliphatic carbocycles. The van der Waals surface area contributed by atoms with Crippen LogP contribution < -0.4 is 10.9 Å². The topological polar surface area (TPSA) is 94.7 Å². The molecule has 0 aliphatic rings. The number of carbonyl (C=O) groups excluding carboxylic acids is 1. The molecule has 2 aromatic heterocycles. The van der Waals surface area contributed by atoms with E-state index in [1.807, 2.05) is 25.1 Å². The first-order valence-corrected chi connectivity index (χ1v) is 8.88. The second-order valence-electron chi connectivity index (χ2n) is 6.26. The van der Waals surface area contributed by atoms with Crippen LogP contribution in [0.4, 0.5) is 5.69 Å². The van der Waals surface area contributed by atoms with E-state index < -0.39 is 0 Å². The van der Waals surface area contributed by atoms with Crippen molar-refractivity contribution in [2.45, 2.75) is 20.0 Å². The van der Waals surface area contributed by atoms with E-state index in [2.05, 4.69) is 20.5 Å². The fourth-order valence-corrected chi connectivity index (χ4v) is 3.06. The van der Waals surface area contributed by atoms with E-state index in [-0.39, 0.29) is 17.2 Å². The summed E-state index contributed by atoms with van der Waals surface area (Å²) in [5.41, 5.74) is 1.63. The summed E-state index contributed by atoms with van der Waals surface area (Å²) in [6.45, 7) is 2.75. The number of aromatic nitrogens is 5. The average molecular weight is 374 g/mol. The van der Waals surface area contributed by atoms with Crippen molar-refractivity contribution in [3.8, 4) is 0 Å². The number of hydrogen-bond donors (Lipinski definition) is 1. The Kier molecular flexibility index (Phi) is 4.67. The monoisotopic (exact) mass is 374 g/mol. The molecule has 28 heavy (non-hydrogen) atoms. The van der Waals surface area contributed by atoms with Gasteiger partial charge < -0.3 is 5.32 Å². The molecule has 0 aliphatic heterocycles. The first kappa shape index (κ1) is 17.6. The molecule has 4 aromatic rings. The molecule has 0 bridgehead atoms. The Hall–Kier alpha value is -3.81. The van der Waals surface area contributed by atoms with E-state index in [1.54, 1.807) is 41.3 Å². The number of hydrogen-bond acceptors (Lipinski definition) is 5. The Morgan fingerprint density at radius 3 is 2.68 bits per heavy atom. The molecule has 1 amide bonds. The van der Waals surface area contributed by atoms with E-state index >= 15 is 0 Å². The van der Waals surface area contributed by atoms with Gasteiger partial charge in [0.1, 0.15) is 12.7 Å². The van der Waals surface area contributed by atoms with Crippen molar-refractivity contribution in [2.24, 2.45) is 0 Å². The molecule has 0 spiro atoms. The van der Waals surface area contributed by atoms with Gasteiger partial charge >= 0.3 is 0 Å². The Balaban J connectivity index is 1.66. The zero-order valence-electron chi connectivity index (χ0n) is 15.2. The number of benzene rings is 2. The molecule has 4 rings (SSSR count). The minimum absolute atomic E-state index is 0.204. The first-order valence-electron chi connectivity index (χ1n) is 8.88. The van der Waals surface area contributed by atoms with Crippen molar-refractivity contribution in [1.82, 2.24) is 24.5 Å². The standard InChI is InChI=1S/C20H18N6O2/c1-2-26-20(28)17-9-4-3-8-16(17)18(24-26)19(27)23-15-7-5-6-14(10-15)11-25-13-21-12-22-25/h3-10,12-13H,2,11H2,1H3,(H,23,27). The number of amides is 1. The molecule has 0 radical (unpaired) electrons. The maximum absolute atomic E-state index is 12.9. The number of aryl methyl sites for hydroxylation is 1. The van der Waals surface area contributed by atoms with Crippen LogP contribution in [0.25, 0.3) is 10.8 Å². The number of carbonyl (C=O) groups is 1. The molecule has 8 nitrogen and oxygen atoms in total. The Labute approximate surface area is 160 Å². The van der Waals surface area contributed by atoms with Crippen LogP contribution in [-0.4, -0.2) is 30.5 Å². The smallest absolute Gasteiger partial charge is 0.276 e. The van der Waals surface area contributed by atoms with Gasteiger partial charge in [-0.25, -0.2) is 14.3 Å². The van der Waals surface area contributed by atoms with Gasteiger partial charge in [0.25, 0.3) is 11.5 Å². The van der Waals surface area contributed by atoms with Crippen LogP contribution in [0.15, 0.2) is 66.0 Å². The summed E-state index contributed by atoms with van der Waals surface area (Å²) >= 11 is 0. The van der Waals surface area contributed by atoms with Crippen molar-refractivity contribution >= 4 is 22.4 Å². The summed E-state index contributed by atoms with van der Waals surface area (Å²) in [6, 6.07) is 14.5. The summed E-state index contributed by atoms with van der Waals surface area (Å²) in [4.78, 5) is 29.3. The van der Waals surface area contributed by atoms with Crippen LogP contribution in [-0.2, 0) is 13.1 Å². The van der Waals surface area contributed by atoms with Gasteiger partial charge in [-0.2, -0.15) is 10.2 Å². The van der Waals surface area contributed by atoms with E-state index in [9.17, 15) is 9.59 Å². The van der Waals surface area contributed by atoms with E-state index in [1.165, 1.54) is 11.0 Å². The first-order chi connectivity index (χ1) is 13.7. The fraction of sp³-hybridized carbons (Fsp3) is 0.150. The molecule has 140 valence electrons. The van der Waals surface area contributed by atoms with Gasteiger partial charge in [-0.15, -0.1) is 0 Å². The van der Waals surface area contributed by atoms with Gasteiger partial charge in [0.2, 0.25) is 0 Å². The molecule has 8 heteroatoms. The van der Waals surface area contributed by atoms with Crippen LogP contribution in [0.2, 0.25) is 0 Å². The second-order valence-corrected chi connectivity index (χ2v) is 6.26. The molecule has 0 atom stereocenters. The van der Waals surface area contributed by atoms with Gasteiger partial charge in [-0.05, 0) is 30.7 Å². The van der Waals surface area contributed by atoms with Crippen LogP contribution in [0, 0.1) is 0 Å². The molecule has 2 aromatic carbocycles. The van der Waals surface area contributed by atoms with Crippen molar-refractivity contribution in [1.29, 1.82) is 0 Å². The lowest BCUT2D eigenvalue weighted by atomic mass is 10.1. The molecule has 0 fully saturated rings. The highest BCUT2D eigenvalue weighted by Gasteiger charge is 2.16. The highest BCUT2D eigenvalue weighted by Crippen LogP contribution is 2.17. The predicted octanol–water partition coefficient (Wildman–Crippen LogP) is 2.31. The van der Waals surface area contributed by atoms with Crippen molar-refractivity contribution in [3.63, 3.8) is 0 Å². The van der Waals surface area contributed by atoms with Gasteiger partial charge in [-0.1, -0.05) is 30.3 Å². The average Bonchev–Trinajstić information content (AvgIpc) is 3.22. The van der Waals surface area contributed by atoms with Gasteiger partial charge in [0.05, 0.1) is 11.9 Å². The predicted molar refractivity (Wildman–Crippen MR) is 105 cm³/mol.